The van der Waals surface area contributed by atoms with E-state index in [1.807, 2.05) is 12.1 Å². The predicted molar refractivity (Wildman–Crippen MR) is 66.1 cm³/mol. The molecule has 0 fully saturated rings. The first-order valence-electron chi connectivity index (χ1n) is 5.70. The van der Waals surface area contributed by atoms with Crippen LogP contribution in [0.2, 0.25) is 0 Å². The van der Waals surface area contributed by atoms with Crippen molar-refractivity contribution in [3.63, 3.8) is 0 Å². The van der Waals surface area contributed by atoms with Crippen molar-refractivity contribution in [2.45, 2.75) is 20.3 Å². The number of hydrogen-bond donors (Lipinski definition) is 2. The fourth-order valence-corrected chi connectivity index (χ4v) is 1.55. The molecule has 0 aliphatic heterocycles. The molecule has 0 aliphatic carbocycles. The highest BCUT2D eigenvalue weighted by molar-refractivity contribution is 5.45. The molecule has 0 amide bonds. The second-order valence-corrected chi connectivity index (χ2v) is 4.32. The van der Waals surface area contributed by atoms with Crippen LogP contribution in [0.5, 0.6) is 11.5 Å². The number of phenolic OH excluding ortho intramolecular Hbond substituents is 1. The number of rotatable bonds is 6. The fourth-order valence-electron chi connectivity index (χ4n) is 1.55. The Hall–Kier alpha value is -1.22. The van der Waals surface area contributed by atoms with Gasteiger partial charge in [-0.25, -0.2) is 0 Å². The Kier molecular flexibility index (Phi) is 5.12. The fraction of sp³-hybridized carbons (Fsp3) is 0.538. The molecular weight excluding hydrogens is 202 g/mol. The molecule has 0 atom stereocenters. The molecule has 0 saturated heterocycles. The van der Waals surface area contributed by atoms with Crippen LogP contribution in [0.15, 0.2) is 18.2 Å². The minimum absolute atomic E-state index is 0.261. The van der Waals surface area contributed by atoms with Gasteiger partial charge in [0.05, 0.1) is 7.11 Å². The maximum Gasteiger partial charge on any atom is 0.160 e. The maximum atomic E-state index is 9.84. The molecular formula is C13H21NO2. The first-order chi connectivity index (χ1) is 7.65. The smallest absolute Gasteiger partial charge is 0.160 e. The number of methoxy groups -OCH3 is 1. The molecule has 90 valence electrons. The van der Waals surface area contributed by atoms with Crippen LogP contribution < -0.4 is 10.1 Å². The Morgan fingerprint density at radius 3 is 2.75 bits per heavy atom. The van der Waals surface area contributed by atoms with Crippen molar-refractivity contribution in [1.29, 1.82) is 0 Å². The van der Waals surface area contributed by atoms with Gasteiger partial charge in [-0.1, -0.05) is 26.0 Å². The molecule has 3 heteroatoms. The van der Waals surface area contributed by atoms with Crippen molar-refractivity contribution in [1.82, 2.24) is 5.32 Å². The number of ether oxygens (including phenoxy) is 1. The van der Waals surface area contributed by atoms with Gasteiger partial charge in [0.1, 0.15) is 0 Å². The van der Waals surface area contributed by atoms with E-state index in [0.29, 0.717) is 11.7 Å². The molecule has 0 aromatic heterocycles. The van der Waals surface area contributed by atoms with E-state index in [9.17, 15) is 5.11 Å². The van der Waals surface area contributed by atoms with Gasteiger partial charge in [0.25, 0.3) is 0 Å². The minimum atomic E-state index is 0.261. The largest absolute Gasteiger partial charge is 0.504 e. The number of para-hydroxylation sites is 1. The lowest BCUT2D eigenvalue weighted by atomic mass is 10.1. The van der Waals surface area contributed by atoms with Crippen LogP contribution in [0, 0.1) is 5.92 Å². The van der Waals surface area contributed by atoms with Crippen LogP contribution in [0.1, 0.15) is 19.4 Å². The van der Waals surface area contributed by atoms with Gasteiger partial charge >= 0.3 is 0 Å². The van der Waals surface area contributed by atoms with Crippen molar-refractivity contribution in [3.05, 3.63) is 23.8 Å². The Labute approximate surface area is 97.4 Å². The van der Waals surface area contributed by atoms with E-state index >= 15 is 0 Å². The van der Waals surface area contributed by atoms with E-state index in [1.165, 1.54) is 0 Å². The van der Waals surface area contributed by atoms with Gasteiger partial charge in [-0.2, -0.15) is 0 Å². The van der Waals surface area contributed by atoms with Crippen molar-refractivity contribution in [2.24, 2.45) is 5.92 Å². The molecule has 16 heavy (non-hydrogen) atoms. The number of phenols is 1. The number of aromatic hydroxyl groups is 1. The summed E-state index contributed by atoms with van der Waals surface area (Å²) in [5, 5.41) is 13.2. The van der Waals surface area contributed by atoms with Crippen molar-refractivity contribution < 1.29 is 9.84 Å². The highest BCUT2D eigenvalue weighted by Crippen LogP contribution is 2.29. The topological polar surface area (TPSA) is 41.5 Å². The number of nitrogens with one attached hydrogen (secondary N) is 1. The van der Waals surface area contributed by atoms with E-state index in [1.54, 1.807) is 13.2 Å². The SMILES string of the molecule is COc1cccc(CCNCC(C)C)c1O. The van der Waals surface area contributed by atoms with Crippen molar-refractivity contribution >= 4 is 0 Å². The van der Waals surface area contributed by atoms with Gasteiger partial charge in [-0.3, -0.25) is 0 Å². The second kappa shape index (κ2) is 6.38. The molecule has 0 aliphatic rings. The molecule has 3 nitrogen and oxygen atoms in total. The Morgan fingerprint density at radius 1 is 1.38 bits per heavy atom. The lowest BCUT2D eigenvalue weighted by Gasteiger charge is -2.10. The first kappa shape index (κ1) is 12.8. The molecule has 1 rings (SSSR count). The normalized spacial score (nSPS) is 10.8. The van der Waals surface area contributed by atoms with Crippen LogP contribution >= 0.6 is 0 Å². The first-order valence-corrected chi connectivity index (χ1v) is 5.70. The van der Waals surface area contributed by atoms with Crippen LogP contribution in [-0.2, 0) is 6.42 Å². The van der Waals surface area contributed by atoms with E-state index in [2.05, 4.69) is 19.2 Å². The van der Waals surface area contributed by atoms with Crippen LogP contribution in [0.25, 0.3) is 0 Å². The molecule has 0 saturated carbocycles. The van der Waals surface area contributed by atoms with Gasteiger partial charge in [-0.05, 0) is 37.1 Å². The Morgan fingerprint density at radius 2 is 2.12 bits per heavy atom. The second-order valence-electron chi connectivity index (χ2n) is 4.32. The van der Waals surface area contributed by atoms with Gasteiger partial charge < -0.3 is 15.2 Å². The van der Waals surface area contributed by atoms with E-state index in [0.717, 1.165) is 25.1 Å². The van der Waals surface area contributed by atoms with E-state index in [4.69, 9.17) is 4.74 Å². The summed E-state index contributed by atoms with van der Waals surface area (Å²) in [7, 11) is 1.57. The van der Waals surface area contributed by atoms with Crippen molar-refractivity contribution in [2.75, 3.05) is 20.2 Å². The summed E-state index contributed by atoms with van der Waals surface area (Å²) in [4.78, 5) is 0. The standard InChI is InChI=1S/C13H21NO2/c1-10(2)9-14-8-7-11-5-4-6-12(16-3)13(11)15/h4-6,10,14-15H,7-9H2,1-3H3. The maximum absolute atomic E-state index is 9.84. The average Bonchev–Trinajstić information content (AvgIpc) is 2.26. The monoisotopic (exact) mass is 223 g/mol. The number of benzene rings is 1. The summed E-state index contributed by atoms with van der Waals surface area (Å²) in [6.45, 7) is 6.23. The van der Waals surface area contributed by atoms with Crippen LogP contribution in [0.3, 0.4) is 0 Å². The zero-order valence-electron chi connectivity index (χ0n) is 10.3. The molecule has 0 radical (unpaired) electrons. The molecule has 0 bridgehead atoms. The summed E-state index contributed by atoms with van der Waals surface area (Å²) in [5.41, 5.74) is 0.926. The van der Waals surface area contributed by atoms with Crippen LogP contribution in [-0.4, -0.2) is 25.3 Å². The van der Waals surface area contributed by atoms with Crippen LogP contribution in [0.4, 0.5) is 0 Å². The third-order valence-electron chi connectivity index (χ3n) is 2.43. The summed E-state index contributed by atoms with van der Waals surface area (Å²) in [5.74, 6) is 1.46. The van der Waals surface area contributed by atoms with E-state index in [-0.39, 0.29) is 5.75 Å². The average molecular weight is 223 g/mol. The summed E-state index contributed by atoms with van der Waals surface area (Å²) in [6, 6.07) is 5.59. The molecule has 0 spiro atoms. The van der Waals surface area contributed by atoms with E-state index < -0.39 is 0 Å². The summed E-state index contributed by atoms with van der Waals surface area (Å²) >= 11 is 0. The summed E-state index contributed by atoms with van der Waals surface area (Å²) < 4.78 is 5.06. The van der Waals surface area contributed by atoms with Gasteiger partial charge in [0.2, 0.25) is 0 Å². The Bertz CT molecular complexity index is 324. The minimum Gasteiger partial charge on any atom is -0.504 e. The zero-order valence-corrected chi connectivity index (χ0v) is 10.3. The molecule has 1 aromatic carbocycles. The summed E-state index contributed by atoms with van der Waals surface area (Å²) in [6.07, 6.45) is 0.815. The third kappa shape index (κ3) is 3.74. The lowest BCUT2D eigenvalue weighted by Crippen LogP contribution is -2.22. The zero-order chi connectivity index (χ0) is 12.0. The quantitative estimate of drug-likeness (QED) is 0.726. The van der Waals surface area contributed by atoms with Crippen molar-refractivity contribution in [3.8, 4) is 11.5 Å². The molecule has 1 aromatic rings. The molecule has 0 heterocycles. The molecule has 2 N–H and O–H groups in total. The van der Waals surface area contributed by atoms with Gasteiger partial charge in [0.15, 0.2) is 11.5 Å². The predicted octanol–water partition coefficient (Wildman–Crippen LogP) is 2.19. The lowest BCUT2D eigenvalue weighted by molar-refractivity contribution is 0.370. The Balaban J connectivity index is 2.47. The molecule has 0 unspecified atom stereocenters. The highest BCUT2D eigenvalue weighted by atomic mass is 16.5. The third-order valence-corrected chi connectivity index (χ3v) is 2.43. The highest BCUT2D eigenvalue weighted by Gasteiger charge is 2.06. The van der Waals surface area contributed by atoms with Gasteiger partial charge in [0, 0.05) is 0 Å². The number of hydrogen-bond acceptors (Lipinski definition) is 3. The van der Waals surface area contributed by atoms with Gasteiger partial charge in [-0.15, -0.1) is 0 Å².